The largest absolute Gasteiger partial charge is 0.337 e. The van der Waals surface area contributed by atoms with Gasteiger partial charge in [0.1, 0.15) is 5.82 Å². The summed E-state index contributed by atoms with van der Waals surface area (Å²) >= 11 is 11.8. The Hall–Kier alpha value is -1.93. The fraction of sp³-hybridized carbons (Fsp3) is 0.211. The first kappa shape index (κ1) is 20.8. The van der Waals surface area contributed by atoms with Crippen LogP contribution in [0.25, 0.3) is 6.08 Å². The molecule has 0 unspecified atom stereocenters. The molecule has 2 aromatic rings. The number of halogens is 3. The van der Waals surface area contributed by atoms with Crippen LogP contribution in [0.15, 0.2) is 53.4 Å². The Kier molecular flexibility index (Phi) is 6.40. The monoisotopic (exact) mass is 442 g/mol. The highest BCUT2D eigenvalue weighted by Gasteiger charge is 2.29. The molecular weight excluding hydrogens is 426 g/mol. The standard InChI is InChI=1S/C19H17Cl2FN2O3S/c20-17-6-5-16(13-18(17)21)28(26,27)24-10-8-23(9-11-24)19(25)7-4-14-2-1-3-15(22)12-14/h1-7,12-13H,8-11H2/b7-4+. The Labute approximate surface area is 173 Å². The van der Waals surface area contributed by atoms with Crippen molar-refractivity contribution in [3.8, 4) is 0 Å². The smallest absolute Gasteiger partial charge is 0.246 e. The molecule has 1 aliphatic heterocycles. The number of hydrogen-bond donors (Lipinski definition) is 0. The molecule has 0 saturated carbocycles. The molecule has 9 heteroatoms. The fourth-order valence-corrected chi connectivity index (χ4v) is 4.63. The molecule has 0 atom stereocenters. The molecule has 0 spiro atoms. The topological polar surface area (TPSA) is 57.7 Å². The first-order valence-electron chi connectivity index (χ1n) is 8.45. The molecule has 1 heterocycles. The molecule has 1 amide bonds. The zero-order valence-corrected chi connectivity index (χ0v) is 17.0. The Morgan fingerprint density at radius 2 is 1.71 bits per heavy atom. The van der Waals surface area contributed by atoms with Crippen LogP contribution >= 0.6 is 23.2 Å². The molecule has 0 bridgehead atoms. The van der Waals surface area contributed by atoms with Crippen molar-refractivity contribution in [2.24, 2.45) is 0 Å². The number of carbonyl (C=O) groups excluding carboxylic acids is 1. The van der Waals surface area contributed by atoms with Crippen molar-refractivity contribution in [1.29, 1.82) is 0 Å². The molecule has 1 aliphatic rings. The number of nitrogens with zero attached hydrogens (tertiary/aromatic N) is 2. The third-order valence-electron chi connectivity index (χ3n) is 4.35. The van der Waals surface area contributed by atoms with Crippen LogP contribution in [0.5, 0.6) is 0 Å². The summed E-state index contributed by atoms with van der Waals surface area (Å²) in [7, 11) is -3.72. The Balaban J connectivity index is 1.63. The van der Waals surface area contributed by atoms with Crippen molar-refractivity contribution in [1.82, 2.24) is 9.21 Å². The van der Waals surface area contributed by atoms with Gasteiger partial charge in [-0.05, 0) is 42.0 Å². The summed E-state index contributed by atoms with van der Waals surface area (Å²) < 4.78 is 40.0. The number of piperazine rings is 1. The van der Waals surface area contributed by atoms with Crippen LogP contribution in [-0.4, -0.2) is 49.7 Å². The van der Waals surface area contributed by atoms with E-state index < -0.39 is 10.0 Å². The lowest BCUT2D eigenvalue weighted by molar-refractivity contribution is -0.127. The van der Waals surface area contributed by atoms with Crippen LogP contribution in [-0.2, 0) is 14.8 Å². The molecule has 1 fully saturated rings. The van der Waals surface area contributed by atoms with Gasteiger partial charge in [-0.25, -0.2) is 12.8 Å². The van der Waals surface area contributed by atoms with E-state index in [0.29, 0.717) is 5.56 Å². The van der Waals surface area contributed by atoms with Gasteiger partial charge >= 0.3 is 0 Å². The van der Waals surface area contributed by atoms with Crippen LogP contribution in [0.4, 0.5) is 4.39 Å². The summed E-state index contributed by atoms with van der Waals surface area (Å²) in [6, 6.07) is 10.1. The molecule has 5 nitrogen and oxygen atoms in total. The van der Waals surface area contributed by atoms with E-state index in [9.17, 15) is 17.6 Å². The number of sulfonamides is 1. The Morgan fingerprint density at radius 3 is 2.36 bits per heavy atom. The predicted octanol–water partition coefficient (Wildman–Crippen LogP) is 3.68. The SMILES string of the molecule is O=C(/C=C/c1cccc(F)c1)N1CCN(S(=O)(=O)c2ccc(Cl)c(Cl)c2)CC1. The number of benzene rings is 2. The molecular formula is C19H17Cl2FN2O3S. The van der Waals surface area contributed by atoms with Gasteiger partial charge in [-0.15, -0.1) is 0 Å². The van der Waals surface area contributed by atoms with Crippen LogP contribution in [0, 0.1) is 5.82 Å². The predicted molar refractivity (Wildman–Crippen MR) is 107 cm³/mol. The van der Waals surface area contributed by atoms with Gasteiger partial charge in [0.2, 0.25) is 15.9 Å². The molecule has 0 aliphatic carbocycles. The molecule has 3 rings (SSSR count). The van der Waals surface area contributed by atoms with E-state index in [1.807, 2.05) is 0 Å². The average Bonchev–Trinajstić information content (AvgIpc) is 2.68. The maximum absolute atomic E-state index is 13.2. The van der Waals surface area contributed by atoms with Gasteiger partial charge in [0.05, 0.1) is 14.9 Å². The summed E-state index contributed by atoms with van der Waals surface area (Å²) in [5.41, 5.74) is 0.578. The quantitative estimate of drug-likeness (QED) is 0.678. The van der Waals surface area contributed by atoms with Gasteiger partial charge in [-0.1, -0.05) is 35.3 Å². The number of amides is 1. The molecule has 2 aromatic carbocycles. The van der Waals surface area contributed by atoms with E-state index in [2.05, 4.69) is 0 Å². The summed E-state index contributed by atoms with van der Waals surface area (Å²) in [5, 5.41) is 0.445. The first-order chi connectivity index (χ1) is 13.3. The number of rotatable bonds is 4. The van der Waals surface area contributed by atoms with E-state index in [4.69, 9.17) is 23.2 Å². The fourth-order valence-electron chi connectivity index (χ4n) is 2.82. The van der Waals surface area contributed by atoms with Gasteiger partial charge < -0.3 is 4.90 Å². The lowest BCUT2D eigenvalue weighted by atomic mass is 10.2. The van der Waals surface area contributed by atoms with E-state index in [1.165, 1.54) is 46.8 Å². The molecule has 0 radical (unpaired) electrons. The van der Waals surface area contributed by atoms with Gasteiger partial charge in [0.15, 0.2) is 0 Å². The van der Waals surface area contributed by atoms with Gasteiger partial charge in [0.25, 0.3) is 0 Å². The second-order valence-corrected chi connectivity index (χ2v) is 8.95. The van der Waals surface area contributed by atoms with Crippen molar-refractivity contribution < 1.29 is 17.6 Å². The minimum Gasteiger partial charge on any atom is -0.337 e. The Bertz CT molecular complexity index is 1020. The molecule has 0 N–H and O–H groups in total. The maximum Gasteiger partial charge on any atom is 0.246 e. The number of carbonyl (C=O) groups is 1. The maximum atomic E-state index is 13.2. The lowest BCUT2D eigenvalue weighted by Crippen LogP contribution is -2.50. The zero-order valence-electron chi connectivity index (χ0n) is 14.7. The van der Waals surface area contributed by atoms with Crippen molar-refractivity contribution in [3.63, 3.8) is 0 Å². The van der Waals surface area contributed by atoms with Gasteiger partial charge in [0, 0.05) is 32.3 Å². The van der Waals surface area contributed by atoms with Crippen molar-refractivity contribution >= 4 is 45.2 Å². The molecule has 148 valence electrons. The molecule has 1 saturated heterocycles. The third kappa shape index (κ3) is 4.72. The summed E-state index contributed by atoms with van der Waals surface area (Å²) in [4.78, 5) is 13.9. The summed E-state index contributed by atoms with van der Waals surface area (Å²) in [6.45, 7) is 0.851. The van der Waals surface area contributed by atoms with E-state index in [1.54, 1.807) is 17.0 Å². The first-order valence-corrected chi connectivity index (χ1v) is 10.6. The van der Waals surface area contributed by atoms with Crippen LogP contribution < -0.4 is 0 Å². The molecule has 28 heavy (non-hydrogen) atoms. The second kappa shape index (κ2) is 8.61. The van der Waals surface area contributed by atoms with Crippen LogP contribution in [0.1, 0.15) is 5.56 Å². The van der Waals surface area contributed by atoms with E-state index in [0.717, 1.165) is 0 Å². The average molecular weight is 443 g/mol. The lowest BCUT2D eigenvalue weighted by Gasteiger charge is -2.33. The van der Waals surface area contributed by atoms with Crippen molar-refractivity contribution in [2.75, 3.05) is 26.2 Å². The minimum absolute atomic E-state index is 0.0627. The summed E-state index contributed by atoms with van der Waals surface area (Å²) in [6.07, 6.45) is 2.89. The normalized spacial score (nSPS) is 15.9. The van der Waals surface area contributed by atoms with Gasteiger partial charge in [-0.2, -0.15) is 4.31 Å². The van der Waals surface area contributed by atoms with Crippen LogP contribution in [0.2, 0.25) is 10.0 Å². The second-order valence-electron chi connectivity index (χ2n) is 6.19. The molecule has 0 aromatic heterocycles. The van der Waals surface area contributed by atoms with Crippen LogP contribution in [0.3, 0.4) is 0 Å². The van der Waals surface area contributed by atoms with E-state index in [-0.39, 0.29) is 52.8 Å². The highest BCUT2D eigenvalue weighted by atomic mass is 35.5. The highest BCUT2D eigenvalue weighted by molar-refractivity contribution is 7.89. The summed E-state index contributed by atoms with van der Waals surface area (Å²) in [5.74, 6) is -0.633. The van der Waals surface area contributed by atoms with E-state index >= 15 is 0 Å². The number of hydrogen-bond acceptors (Lipinski definition) is 3. The van der Waals surface area contributed by atoms with Crippen molar-refractivity contribution in [3.05, 3.63) is 70.0 Å². The Morgan fingerprint density at radius 1 is 1.00 bits per heavy atom. The minimum atomic E-state index is -3.72. The van der Waals surface area contributed by atoms with Gasteiger partial charge in [-0.3, -0.25) is 4.79 Å². The highest BCUT2D eigenvalue weighted by Crippen LogP contribution is 2.27. The zero-order chi connectivity index (χ0) is 20.3. The van der Waals surface area contributed by atoms with Crippen molar-refractivity contribution in [2.45, 2.75) is 4.90 Å². The third-order valence-corrected chi connectivity index (χ3v) is 6.98.